The molecule has 0 spiro atoms. The first-order valence-corrected chi connectivity index (χ1v) is 8.92. The minimum atomic E-state index is 1.14. The van der Waals surface area contributed by atoms with Gasteiger partial charge in [0, 0.05) is 78.5 Å². The molecule has 2 aliphatic rings. The highest BCUT2D eigenvalue weighted by molar-refractivity contribution is 4.73. The number of nitrogens with zero attached hydrogens (tertiary/aromatic N) is 4. The van der Waals surface area contributed by atoms with E-state index < -0.39 is 0 Å². The fraction of sp³-hybridized carbons (Fsp3) is 1.00. The van der Waals surface area contributed by atoms with Crippen LogP contribution in [-0.2, 0) is 0 Å². The fourth-order valence-corrected chi connectivity index (χ4v) is 3.26. The van der Waals surface area contributed by atoms with Gasteiger partial charge < -0.3 is 15.1 Å². The summed E-state index contributed by atoms with van der Waals surface area (Å²) < 4.78 is 0. The quantitative estimate of drug-likeness (QED) is 0.629. The Morgan fingerprint density at radius 2 is 0.905 bits per heavy atom. The van der Waals surface area contributed by atoms with Gasteiger partial charge in [0.25, 0.3) is 0 Å². The van der Waals surface area contributed by atoms with Crippen molar-refractivity contribution >= 4 is 0 Å². The molecule has 0 unspecified atom stereocenters. The molecule has 2 saturated heterocycles. The van der Waals surface area contributed by atoms with E-state index in [0.29, 0.717) is 0 Å². The molecule has 0 aromatic carbocycles. The predicted octanol–water partition coefficient (Wildman–Crippen LogP) is -0.149. The molecule has 1 N–H and O–H groups in total. The fourth-order valence-electron chi connectivity index (χ4n) is 3.26. The predicted molar refractivity (Wildman–Crippen MR) is 90.0 cm³/mol. The first-order chi connectivity index (χ1) is 10.3. The topological polar surface area (TPSA) is 25.0 Å². The molecule has 2 fully saturated rings. The van der Waals surface area contributed by atoms with Crippen molar-refractivity contribution in [3.8, 4) is 0 Å². The van der Waals surface area contributed by atoms with Crippen molar-refractivity contribution in [1.82, 2.24) is 24.9 Å². The van der Waals surface area contributed by atoms with E-state index in [-0.39, 0.29) is 0 Å². The number of hydrogen-bond donors (Lipinski definition) is 1. The third kappa shape index (κ3) is 6.20. The molecule has 21 heavy (non-hydrogen) atoms. The van der Waals surface area contributed by atoms with Crippen LogP contribution < -0.4 is 5.32 Å². The minimum Gasteiger partial charge on any atom is -0.314 e. The Morgan fingerprint density at radius 1 is 0.571 bits per heavy atom. The summed E-state index contributed by atoms with van der Waals surface area (Å²) in [6.07, 6.45) is 0. The average molecular weight is 297 g/mol. The van der Waals surface area contributed by atoms with Crippen molar-refractivity contribution in [1.29, 1.82) is 0 Å². The first-order valence-electron chi connectivity index (χ1n) is 8.92. The first kappa shape index (κ1) is 17.2. The zero-order chi connectivity index (χ0) is 14.9. The molecular weight excluding hydrogens is 262 g/mol. The minimum absolute atomic E-state index is 1.14. The second kappa shape index (κ2) is 9.74. The monoisotopic (exact) mass is 297 g/mol. The Morgan fingerprint density at radius 3 is 1.24 bits per heavy atom. The Labute approximate surface area is 131 Å². The van der Waals surface area contributed by atoms with E-state index in [1.54, 1.807) is 0 Å². The van der Waals surface area contributed by atoms with Crippen LogP contribution in [0.1, 0.15) is 13.8 Å². The molecule has 0 aliphatic carbocycles. The molecule has 0 atom stereocenters. The van der Waals surface area contributed by atoms with Gasteiger partial charge in [0.15, 0.2) is 0 Å². The van der Waals surface area contributed by atoms with Crippen molar-refractivity contribution in [2.45, 2.75) is 13.8 Å². The van der Waals surface area contributed by atoms with Crippen molar-refractivity contribution < 1.29 is 0 Å². The molecular formula is C16H35N5. The molecule has 2 aliphatic heterocycles. The third-order valence-corrected chi connectivity index (χ3v) is 5.03. The van der Waals surface area contributed by atoms with Crippen molar-refractivity contribution in [2.75, 3.05) is 91.6 Å². The molecule has 124 valence electrons. The molecule has 0 aromatic rings. The second-order valence-corrected chi connectivity index (χ2v) is 6.30. The van der Waals surface area contributed by atoms with Gasteiger partial charge in [-0.25, -0.2) is 0 Å². The summed E-state index contributed by atoms with van der Waals surface area (Å²) in [6.45, 7) is 21.6. The highest BCUT2D eigenvalue weighted by Crippen LogP contribution is 2.01. The van der Waals surface area contributed by atoms with E-state index in [1.165, 1.54) is 78.5 Å². The van der Waals surface area contributed by atoms with Crippen LogP contribution in [0.25, 0.3) is 0 Å². The lowest BCUT2D eigenvalue weighted by Crippen LogP contribution is -2.49. The lowest BCUT2D eigenvalue weighted by molar-refractivity contribution is 0.132. The van der Waals surface area contributed by atoms with E-state index in [9.17, 15) is 0 Å². The number of likely N-dealkylation sites (N-methyl/N-ethyl adjacent to an activating group) is 2. The van der Waals surface area contributed by atoms with Crippen LogP contribution in [0.5, 0.6) is 0 Å². The van der Waals surface area contributed by atoms with Crippen LogP contribution in [0, 0.1) is 0 Å². The van der Waals surface area contributed by atoms with Gasteiger partial charge in [0.1, 0.15) is 0 Å². The Balaban J connectivity index is 1.44. The standard InChI is InChI=1S/C16H35N5/c1-3-18-9-13-20(14-10-18)7-5-17-6-8-21-15-11-19(4-2)12-16-21/h17H,3-16H2,1-2H3. The Hall–Kier alpha value is -0.200. The molecule has 0 aromatic heterocycles. The van der Waals surface area contributed by atoms with Crippen molar-refractivity contribution in [3.63, 3.8) is 0 Å². The number of nitrogens with one attached hydrogen (secondary N) is 1. The normalized spacial score (nSPS) is 23.7. The van der Waals surface area contributed by atoms with Crippen LogP contribution in [-0.4, -0.2) is 111 Å². The summed E-state index contributed by atoms with van der Waals surface area (Å²) in [6, 6.07) is 0. The zero-order valence-corrected chi connectivity index (χ0v) is 14.2. The van der Waals surface area contributed by atoms with Crippen LogP contribution in [0.3, 0.4) is 0 Å². The summed E-state index contributed by atoms with van der Waals surface area (Å²) >= 11 is 0. The van der Waals surface area contributed by atoms with E-state index >= 15 is 0 Å². The van der Waals surface area contributed by atoms with Gasteiger partial charge >= 0.3 is 0 Å². The van der Waals surface area contributed by atoms with Gasteiger partial charge in [0.05, 0.1) is 0 Å². The highest BCUT2D eigenvalue weighted by Gasteiger charge is 2.15. The molecule has 0 radical (unpaired) electrons. The van der Waals surface area contributed by atoms with E-state index in [0.717, 1.165) is 13.1 Å². The lowest BCUT2D eigenvalue weighted by Gasteiger charge is -2.34. The number of hydrogen-bond acceptors (Lipinski definition) is 5. The van der Waals surface area contributed by atoms with Crippen LogP contribution in [0.4, 0.5) is 0 Å². The maximum atomic E-state index is 3.62. The van der Waals surface area contributed by atoms with Crippen LogP contribution in [0.2, 0.25) is 0 Å². The van der Waals surface area contributed by atoms with Crippen molar-refractivity contribution in [3.05, 3.63) is 0 Å². The van der Waals surface area contributed by atoms with Crippen LogP contribution >= 0.6 is 0 Å². The summed E-state index contributed by atoms with van der Waals surface area (Å²) in [5, 5.41) is 3.62. The summed E-state index contributed by atoms with van der Waals surface area (Å²) in [7, 11) is 0. The average Bonchev–Trinajstić information content (AvgIpc) is 2.55. The van der Waals surface area contributed by atoms with Gasteiger partial charge in [-0.3, -0.25) is 9.80 Å². The third-order valence-electron chi connectivity index (χ3n) is 5.03. The maximum Gasteiger partial charge on any atom is 0.0110 e. The van der Waals surface area contributed by atoms with Gasteiger partial charge in [-0.15, -0.1) is 0 Å². The highest BCUT2D eigenvalue weighted by atomic mass is 15.3. The van der Waals surface area contributed by atoms with Gasteiger partial charge in [0.2, 0.25) is 0 Å². The van der Waals surface area contributed by atoms with E-state index in [1.807, 2.05) is 0 Å². The van der Waals surface area contributed by atoms with Crippen molar-refractivity contribution in [2.24, 2.45) is 0 Å². The van der Waals surface area contributed by atoms with E-state index in [4.69, 9.17) is 0 Å². The number of piperazine rings is 2. The molecule has 0 amide bonds. The Bertz CT molecular complexity index is 231. The van der Waals surface area contributed by atoms with Gasteiger partial charge in [-0.1, -0.05) is 13.8 Å². The summed E-state index contributed by atoms with van der Waals surface area (Å²) in [5.41, 5.74) is 0. The smallest absolute Gasteiger partial charge is 0.0110 e. The zero-order valence-electron chi connectivity index (χ0n) is 14.2. The van der Waals surface area contributed by atoms with Gasteiger partial charge in [-0.2, -0.15) is 0 Å². The number of rotatable bonds is 8. The molecule has 5 nitrogen and oxygen atoms in total. The summed E-state index contributed by atoms with van der Waals surface area (Å²) in [4.78, 5) is 10.3. The molecule has 5 heteroatoms. The second-order valence-electron chi connectivity index (χ2n) is 6.30. The van der Waals surface area contributed by atoms with E-state index in [2.05, 4.69) is 38.8 Å². The van der Waals surface area contributed by atoms with Gasteiger partial charge in [-0.05, 0) is 13.1 Å². The SMILES string of the molecule is CCN1CCN(CCNCCN2CCN(CC)CC2)CC1. The molecule has 2 rings (SSSR count). The molecule has 0 saturated carbocycles. The maximum absolute atomic E-state index is 3.62. The molecule has 2 heterocycles. The van der Waals surface area contributed by atoms with Crippen LogP contribution in [0.15, 0.2) is 0 Å². The molecule has 0 bridgehead atoms. The Kier molecular flexibility index (Phi) is 7.96. The lowest BCUT2D eigenvalue weighted by atomic mass is 10.3. The summed E-state index contributed by atoms with van der Waals surface area (Å²) in [5.74, 6) is 0. The largest absolute Gasteiger partial charge is 0.314 e.